The van der Waals surface area contributed by atoms with Crippen molar-refractivity contribution >= 4 is 34.6 Å². The summed E-state index contributed by atoms with van der Waals surface area (Å²) in [7, 11) is 2.04. The summed E-state index contributed by atoms with van der Waals surface area (Å²) < 4.78 is 0. The zero-order valence-corrected chi connectivity index (χ0v) is 12.0. The van der Waals surface area contributed by atoms with Crippen LogP contribution < -0.4 is 5.32 Å². The van der Waals surface area contributed by atoms with Gasteiger partial charge in [0, 0.05) is 18.7 Å². The number of nitrogens with zero attached hydrogens (tertiary/aromatic N) is 2. The Balaban J connectivity index is 2.23. The Morgan fingerprint density at radius 2 is 2.11 bits per heavy atom. The average molecular weight is 304 g/mol. The topological polar surface area (TPSA) is 58.4 Å². The second-order valence-corrected chi connectivity index (χ2v) is 5.60. The third kappa shape index (κ3) is 3.49. The van der Waals surface area contributed by atoms with Crippen LogP contribution in [-0.2, 0) is 0 Å². The largest absolute Gasteiger partial charge is 0.375 e. The predicted molar refractivity (Wildman–Crippen MR) is 77.3 cm³/mol. The molecule has 0 radical (unpaired) electrons. The maximum absolute atomic E-state index is 11.0. The normalized spacial score (nSPS) is 20.3. The number of anilines is 1. The summed E-state index contributed by atoms with van der Waals surface area (Å²) >= 11 is 11.8. The number of benzene rings is 1. The van der Waals surface area contributed by atoms with E-state index in [9.17, 15) is 10.1 Å². The molecule has 1 aliphatic rings. The van der Waals surface area contributed by atoms with Crippen LogP contribution in [0.15, 0.2) is 12.1 Å². The molecule has 1 fully saturated rings. The first-order chi connectivity index (χ1) is 8.97. The molecule has 1 aromatic rings. The van der Waals surface area contributed by atoms with E-state index in [0.717, 1.165) is 25.9 Å². The van der Waals surface area contributed by atoms with Crippen molar-refractivity contribution in [3.05, 3.63) is 32.3 Å². The Morgan fingerprint density at radius 3 is 2.74 bits per heavy atom. The Labute approximate surface area is 121 Å². The van der Waals surface area contributed by atoms with Gasteiger partial charge < -0.3 is 10.2 Å². The summed E-state index contributed by atoms with van der Waals surface area (Å²) in [6.45, 7) is 1.92. The predicted octanol–water partition coefficient (Wildman–Crippen LogP) is 3.41. The molecule has 0 aliphatic carbocycles. The fourth-order valence-corrected chi connectivity index (χ4v) is 2.63. The lowest BCUT2D eigenvalue weighted by atomic mass is 10.1. The molecule has 1 N–H and O–H groups in total. The van der Waals surface area contributed by atoms with Gasteiger partial charge in [0.05, 0.1) is 15.0 Å². The van der Waals surface area contributed by atoms with Gasteiger partial charge in [0.25, 0.3) is 5.69 Å². The molecule has 1 saturated heterocycles. The molecule has 104 valence electrons. The van der Waals surface area contributed by atoms with E-state index in [1.54, 1.807) is 0 Å². The number of hydrogen-bond acceptors (Lipinski definition) is 4. The van der Waals surface area contributed by atoms with Gasteiger partial charge in [-0.1, -0.05) is 23.2 Å². The third-order valence-electron chi connectivity index (χ3n) is 3.22. The summed E-state index contributed by atoms with van der Waals surface area (Å²) in [4.78, 5) is 12.8. The van der Waals surface area contributed by atoms with Crippen LogP contribution in [0, 0.1) is 10.1 Å². The van der Waals surface area contributed by atoms with Crippen molar-refractivity contribution in [2.24, 2.45) is 0 Å². The lowest BCUT2D eigenvalue weighted by Gasteiger charge is -2.30. The van der Waals surface area contributed by atoms with E-state index in [0.29, 0.717) is 10.7 Å². The van der Waals surface area contributed by atoms with Crippen molar-refractivity contribution in [2.75, 3.05) is 25.5 Å². The number of piperidine rings is 1. The molecule has 1 aliphatic heterocycles. The van der Waals surface area contributed by atoms with E-state index in [1.807, 2.05) is 7.05 Å². The maximum atomic E-state index is 11.0. The van der Waals surface area contributed by atoms with Crippen LogP contribution >= 0.6 is 23.2 Å². The summed E-state index contributed by atoms with van der Waals surface area (Å²) in [5, 5.41) is 14.8. The van der Waals surface area contributed by atoms with Gasteiger partial charge in [-0.3, -0.25) is 10.1 Å². The molecule has 1 atom stereocenters. The minimum atomic E-state index is -0.447. The summed E-state index contributed by atoms with van der Waals surface area (Å²) in [6.07, 6.45) is 2.06. The maximum Gasteiger partial charge on any atom is 0.293 e. The molecule has 19 heavy (non-hydrogen) atoms. The first kappa shape index (κ1) is 14.4. The SMILES string of the molecule is CN1CCCC(Nc2cc(Cl)c(Cl)cc2[N+](=O)[O-])C1. The van der Waals surface area contributed by atoms with Crippen LogP contribution in [0.3, 0.4) is 0 Å². The molecular weight excluding hydrogens is 289 g/mol. The minimum Gasteiger partial charge on any atom is -0.375 e. The molecule has 1 aromatic carbocycles. The highest BCUT2D eigenvalue weighted by molar-refractivity contribution is 6.42. The van der Waals surface area contributed by atoms with Crippen molar-refractivity contribution in [1.82, 2.24) is 4.90 Å². The minimum absolute atomic E-state index is 0.0392. The molecule has 2 rings (SSSR count). The van der Waals surface area contributed by atoms with E-state index < -0.39 is 4.92 Å². The van der Waals surface area contributed by atoms with Gasteiger partial charge in [-0.2, -0.15) is 0 Å². The quantitative estimate of drug-likeness (QED) is 0.687. The summed E-state index contributed by atoms with van der Waals surface area (Å²) in [5.41, 5.74) is 0.391. The Morgan fingerprint density at radius 1 is 1.42 bits per heavy atom. The fourth-order valence-electron chi connectivity index (χ4n) is 2.31. The summed E-state index contributed by atoms with van der Waals surface area (Å²) in [5.74, 6) is 0. The van der Waals surface area contributed by atoms with Gasteiger partial charge in [-0.25, -0.2) is 0 Å². The van der Waals surface area contributed by atoms with Crippen molar-refractivity contribution in [1.29, 1.82) is 0 Å². The molecular formula is C12H15Cl2N3O2. The zero-order valence-electron chi connectivity index (χ0n) is 10.5. The van der Waals surface area contributed by atoms with Gasteiger partial charge in [-0.05, 0) is 32.5 Å². The lowest BCUT2D eigenvalue weighted by Crippen LogP contribution is -2.39. The van der Waals surface area contributed by atoms with Gasteiger partial charge in [-0.15, -0.1) is 0 Å². The van der Waals surface area contributed by atoms with E-state index in [2.05, 4.69) is 10.2 Å². The molecule has 1 heterocycles. The zero-order chi connectivity index (χ0) is 14.0. The van der Waals surface area contributed by atoms with E-state index in [1.165, 1.54) is 12.1 Å². The molecule has 0 aromatic heterocycles. The number of nitro benzene ring substituents is 1. The first-order valence-corrected chi connectivity index (χ1v) is 6.81. The van der Waals surface area contributed by atoms with Crippen LogP contribution in [0.2, 0.25) is 10.0 Å². The van der Waals surface area contributed by atoms with E-state index >= 15 is 0 Å². The smallest absolute Gasteiger partial charge is 0.293 e. The van der Waals surface area contributed by atoms with Crippen LogP contribution in [0.5, 0.6) is 0 Å². The second kappa shape index (κ2) is 5.94. The summed E-state index contributed by atoms with van der Waals surface area (Å²) in [6, 6.07) is 3.00. The van der Waals surface area contributed by atoms with Crippen molar-refractivity contribution < 1.29 is 4.92 Å². The first-order valence-electron chi connectivity index (χ1n) is 6.06. The van der Waals surface area contributed by atoms with Crippen LogP contribution in [0.25, 0.3) is 0 Å². The number of nitrogens with one attached hydrogen (secondary N) is 1. The molecule has 5 nitrogen and oxygen atoms in total. The molecule has 0 bridgehead atoms. The van der Waals surface area contributed by atoms with Crippen molar-refractivity contribution in [2.45, 2.75) is 18.9 Å². The Hall–Kier alpha value is -1.04. The number of halogens is 2. The van der Waals surface area contributed by atoms with E-state index in [4.69, 9.17) is 23.2 Å². The molecule has 0 spiro atoms. The molecule has 1 unspecified atom stereocenters. The van der Waals surface area contributed by atoms with Crippen LogP contribution in [0.4, 0.5) is 11.4 Å². The number of rotatable bonds is 3. The second-order valence-electron chi connectivity index (χ2n) is 4.79. The fraction of sp³-hybridized carbons (Fsp3) is 0.500. The van der Waals surface area contributed by atoms with Crippen molar-refractivity contribution in [3.8, 4) is 0 Å². The highest BCUT2D eigenvalue weighted by Gasteiger charge is 2.22. The molecule has 7 heteroatoms. The standard InChI is InChI=1S/C12H15Cl2N3O2/c1-16-4-2-3-8(7-16)15-11-5-9(13)10(14)6-12(11)17(18)19/h5-6,8,15H,2-4,7H2,1H3. The Kier molecular flexibility index (Phi) is 4.50. The van der Waals surface area contributed by atoms with Gasteiger partial charge in [0.15, 0.2) is 0 Å². The van der Waals surface area contributed by atoms with Crippen molar-refractivity contribution in [3.63, 3.8) is 0 Å². The van der Waals surface area contributed by atoms with Gasteiger partial charge in [0.2, 0.25) is 0 Å². The lowest BCUT2D eigenvalue weighted by molar-refractivity contribution is -0.384. The highest BCUT2D eigenvalue weighted by Crippen LogP contribution is 2.34. The Bertz CT molecular complexity index is 496. The third-order valence-corrected chi connectivity index (χ3v) is 3.94. The highest BCUT2D eigenvalue weighted by atomic mass is 35.5. The van der Waals surface area contributed by atoms with Crippen LogP contribution in [0.1, 0.15) is 12.8 Å². The number of likely N-dealkylation sites (tertiary alicyclic amines) is 1. The average Bonchev–Trinajstić information content (AvgIpc) is 2.33. The van der Waals surface area contributed by atoms with Crippen LogP contribution in [-0.4, -0.2) is 36.0 Å². The van der Waals surface area contributed by atoms with E-state index in [-0.39, 0.29) is 16.8 Å². The number of likely N-dealkylation sites (N-methyl/N-ethyl adjacent to an activating group) is 1. The number of hydrogen-bond donors (Lipinski definition) is 1. The monoisotopic (exact) mass is 303 g/mol. The van der Waals surface area contributed by atoms with Gasteiger partial charge in [0.1, 0.15) is 5.69 Å². The number of nitro groups is 1. The molecule has 0 amide bonds. The van der Waals surface area contributed by atoms with Gasteiger partial charge >= 0.3 is 0 Å². The molecule has 0 saturated carbocycles.